The molecule has 0 spiro atoms. The number of hydrogen-bond donors (Lipinski definition) is 2. The Balaban J connectivity index is 1.07. The number of benzene rings is 8. The highest BCUT2D eigenvalue weighted by molar-refractivity contribution is 6.24. The molecule has 10 rings (SSSR count). The molecule has 0 amide bonds. The number of aliphatic hydroxyl groups excluding tert-OH is 2. The minimum Gasteiger partial charge on any atom is -0.396 e. The summed E-state index contributed by atoms with van der Waals surface area (Å²) in [5.41, 5.74) is 14.3. The van der Waals surface area contributed by atoms with Gasteiger partial charge in [-0.3, -0.25) is 0 Å². The number of rotatable bonds is 10. The molecule has 0 fully saturated rings. The normalized spacial score (nSPS) is 18.2. The van der Waals surface area contributed by atoms with Crippen molar-refractivity contribution in [2.24, 2.45) is 0 Å². The summed E-state index contributed by atoms with van der Waals surface area (Å²) in [6, 6.07) is 49.7. The third-order valence-corrected chi connectivity index (χ3v) is 12.8. The van der Waals surface area contributed by atoms with Crippen LogP contribution in [-0.4, -0.2) is 23.4 Å². The topological polar surface area (TPSA) is 40.5 Å². The van der Waals surface area contributed by atoms with Crippen molar-refractivity contribution in [1.82, 2.24) is 0 Å². The zero-order chi connectivity index (χ0) is 36.6. The maximum absolute atomic E-state index is 9.84. The van der Waals surface area contributed by atoms with Crippen molar-refractivity contribution in [1.29, 1.82) is 0 Å². The van der Waals surface area contributed by atoms with Crippen LogP contribution >= 0.6 is 0 Å². The molecule has 0 radical (unpaired) electrons. The number of fused-ring (bicyclic) bond motifs is 6. The Labute approximate surface area is 316 Å². The third kappa shape index (κ3) is 4.54. The van der Waals surface area contributed by atoms with Crippen molar-refractivity contribution < 1.29 is 10.2 Å². The summed E-state index contributed by atoms with van der Waals surface area (Å²) >= 11 is 0. The van der Waals surface area contributed by atoms with Crippen LogP contribution in [0.2, 0.25) is 0 Å². The maximum atomic E-state index is 9.84. The smallest absolute Gasteiger partial charge is 0.0431 e. The molecule has 54 heavy (non-hydrogen) atoms. The molecule has 262 valence electrons. The van der Waals surface area contributed by atoms with Crippen molar-refractivity contribution in [3.63, 3.8) is 0 Å². The molecule has 2 aliphatic carbocycles. The van der Waals surface area contributed by atoms with Gasteiger partial charge in [0.15, 0.2) is 0 Å². The van der Waals surface area contributed by atoms with Crippen molar-refractivity contribution in [3.8, 4) is 44.5 Å². The summed E-state index contributed by atoms with van der Waals surface area (Å²) in [5.74, 6) is 0. The van der Waals surface area contributed by atoms with Crippen LogP contribution in [0.3, 0.4) is 0 Å². The summed E-state index contributed by atoms with van der Waals surface area (Å²) in [6.45, 7) is 9.00. The van der Waals surface area contributed by atoms with E-state index in [0.29, 0.717) is 12.8 Å². The summed E-state index contributed by atoms with van der Waals surface area (Å²) in [4.78, 5) is 0. The fourth-order valence-corrected chi connectivity index (χ4v) is 10.2. The van der Waals surface area contributed by atoms with Crippen molar-refractivity contribution >= 4 is 32.3 Å². The fourth-order valence-electron chi connectivity index (χ4n) is 10.2. The van der Waals surface area contributed by atoms with Crippen LogP contribution in [0.1, 0.15) is 47.9 Å². The van der Waals surface area contributed by atoms with E-state index in [4.69, 9.17) is 0 Å². The number of allylic oxidation sites excluding steroid dienone is 2. The minimum absolute atomic E-state index is 0.161. The molecular weight excluding hydrogens is 657 g/mol. The van der Waals surface area contributed by atoms with Gasteiger partial charge >= 0.3 is 0 Å². The van der Waals surface area contributed by atoms with E-state index >= 15 is 0 Å². The molecule has 8 aromatic carbocycles. The van der Waals surface area contributed by atoms with Gasteiger partial charge in [0, 0.05) is 24.0 Å². The van der Waals surface area contributed by atoms with Crippen LogP contribution in [0.5, 0.6) is 0 Å². The van der Waals surface area contributed by atoms with Gasteiger partial charge in [0.25, 0.3) is 0 Å². The zero-order valence-electron chi connectivity index (χ0n) is 30.4. The second-order valence-corrected chi connectivity index (χ2v) is 15.3. The van der Waals surface area contributed by atoms with Crippen LogP contribution in [0.25, 0.3) is 76.8 Å². The number of aliphatic hydroxyl groups is 2. The molecule has 0 aromatic heterocycles. The van der Waals surface area contributed by atoms with E-state index in [1.54, 1.807) is 0 Å². The van der Waals surface area contributed by atoms with Gasteiger partial charge in [-0.25, -0.2) is 0 Å². The van der Waals surface area contributed by atoms with Crippen LogP contribution in [0, 0.1) is 0 Å². The molecule has 0 heterocycles. The Morgan fingerprint density at radius 3 is 1.15 bits per heavy atom. The average Bonchev–Trinajstić information content (AvgIpc) is 3.67. The standard InChI is InChI=1S/C52H42O2/c1-3-51(23-9-25-53)45-13-7-5-11-41(45)43-21-19-33(31-47(43)51)39-27-35-15-17-37-29-40(30-38-18-16-36(28-39)49(35)50(37)38)34-20-22-44-42-12-6-8-14-46(42)52(4-2,24-10-26-54)48(44)32-34/h3-8,11-22,27-32,53-54H,1-2,9-10,23-26H2. The molecule has 2 atom stereocenters. The lowest BCUT2D eigenvalue weighted by molar-refractivity contribution is 0.276. The monoisotopic (exact) mass is 698 g/mol. The Hall–Kier alpha value is -5.80. The molecule has 0 saturated heterocycles. The molecule has 0 aliphatic heterocycles. The maximum Gasteiger partial charge on any atom is 0.0431 e. The van der Waals surface area contributed by atoms with Gasteiger partial charge in [-0.15, -0.1) is 13.2 Å². The van der Waals surface area contributed by atoms with Crippen molar-refractivity contribution in [3.05, 3.63) is 181 Å². The van der Waals surface area contributed by atoms with Gasteiger partial charge in [-0.1, -0.05) is 109 Å². The zero-order valence-corrected chi connectivity index (χ0v) is 30.4. The van der Waals surface area contributed by atoms with Gasteiger partial charge in [-0.2, -0.15) is 0 Å². The van der Waals surface area contributed by atoms with Crippen molar-refractivity contribution in [2.45, 2.75) is 36.5 Å². The van der Waals surface area contributed by atoms with Crippen LogP contribution in [0.15, 0.2) is 159 Å². The SMILES string of the molecule is C=CC1(CCCO)c2ccccc2-c2ccc(-c3cc4ccc5cc(-c6ccc7c(c6)C(C=C)(CCCO)c6ccccc6-7)cc6ccc(c3)c4c56)cc21. The molecule has 2 aliphatic rings. The first kappa shape index (κ1) is 32.8. The molecule has 2 unspecified atom stereocenters. The second kappa shape index (κ2) is 12.4. The van der Waals surface area contributed by atoms with Gasteiger partial charge in [0.05, 0.1) is 0 Å². The average molecular weight is 699 g/mol. The summed E-state index contributed by atoms with van der Waals surface area (Å²) in [5, 5.41) is 27.2. The Kier molecular flexibility index (Phi) is 7.53. The second-order valence-electron chi connectivity index (χ2n) is 15.3. The molecule has 2 N–H and O–H groups in total. The van der Waals surface area contributed by atoms with E-state index in [9.17, 15) is 10.2 Å². The van der Waals surface area contributed by atoms with E-state index in [1.165, 1.54) is 99.1 Å². The summed E-state index contributed by atoms with van der Waals surface area (Å²) < 4.78 is 0. The minimum atomic E-state index is -0.325. The lowest BCUT2D eigenvalue weighted by atomic mass is 9.74. The van der Waals surface area contributed by atoms with E-state index < -0.39 is 0 Å². The Morgan fingerprint density at radius 1 is 0.407 bits per heavy atom. The first-order valence-electron chi connectivity index (χ1n) is 19.2. The highest BCUT2D eigenvalue weighted by atomic mass is 16.3. The largest absolute Gasteiger partial charge is 0.396 e. The Morgan fingerprint density at radius 2 is 0.778 bits per heavy atom. The number of hydrogen-bond acceptors (Lipinski definition) is 2. The highest BCUT2D eigenvalue weighted by Crippen LogP contribution is 2.55. The van der Waals surface area contributed by atoms with Gasteiger partial charge in [0.1, 0.15) is 0 Å². The molecule has 2 heteroatoms. The lowest BCUT2D eigenvalue weighted by Gasteiger charge is -2.29. The summed E-state index contributed by atoms with van der Waals surface area (Å²) in [6.07, 6.45) is 7.27. The van der Waals surface area contributed by atoms with E-state index in [-0.39, 0.29) is 24.0 Å². The van der Waals surface area contributed by atoms with Gasteiger partial charge in [-0.05, 0) is 161 Å². The molecular formula is C52H42O2. The van der Waals surface area contributed by atoms with E-state index in [1.807, 2.05) is 0 Å². The van der Waals surface area contributed by atoms with E-state index in [2.05, 4.69) is 159 Å². The first-order chi connectivity index (χ1) is 26.5. The predicted molar refractivity (Wildman–Crippen MR) is 226 cm³/mol. The molecule has 8 aromatic rings. The van der Waals surface area contributed by atoms with E-state index in [0.717, 1.165) is 12.8 Å². The van der Waals surface area contributed by atoms with Crippen LogP contribution < -0.4 is 0 Å². The third-order valence-electron chi connectivity index (χ3n) is 12.8. The molecule has 2 nitrogen and oxygen atoms in total. The first-order valence-corrected chi connectivity index (χ1v) is 19.2. The molecule has 0 bridgehead atoms. The lowest BCUT2D eigenvalue weighted by Crippen LogP contribution is -2.22. The van der Waals surface area contributed by atoms with Crippen molar-refractivity contribution in [2.75, 3.05) is 13.2 Å². The van der Waals surface area contributed by atoms with Gasteiger partial charge < -0.3 is 10.2 Å². The Bertz CT molecular complexity index is 2550. The highest BCUT2D eigenvalue weighted by Gasteiger charge is 2.41. The summed E-state index contributed by atoms with van der Waals surface area (Å²) in [7, 11) is 0. The quantitative estimate of drug-likeness (QED) is 0.110. The fraction of sp³-hybridized carbons (Fsp3) is 0.154. The molecule has 0 saturated carbocycles. The van der Waals surface area contributed by atoms with Crippen LogP contribution in [-0.2, 0) is 10.8 Å². The predicted octanol–water partition coefficient (Wildman–Crippen LogP) is 12.4. The van der Waals surface area contributed by atoms with Crippen LogP contribution in [0.4, 0.5) is 0 Å². The van der Waals surface area contributed by atoms with Gasteiger partial charge in [0.2, 0.25) is 0 Å².